The van der Waals surface area contributed by atoms with Gasteiger partial charge in [0.15, 0.2) is 0 Å². The highest BCUT2D eigenvalue weighted by molar-refractivity contribution is 7.48. The monoisotopic (exact) mass is 538 g/mol. The van der Waals surface area contributed by atoms with Gasteiger partial charge in [0.2, 0.25) is 19.4 Å². The van der Waals surface area contributed by atoms with Crippen LogP contribution in [0.15, 0.2) is 21.9 Å². The van der Waals surface area contributed by atoms with E-state index in [2.05, 4.69) is 4.98 Å². The van der Waals surface area contributed by atoms with Gasteiger partial charge in [-0.3, -0.25) is 28.5 Å². The number of alkyl halides is 1. The van der Waals surface area contributed by atoms with Crippen molar-refractivity contribution in [2.45, 2.75) is 59.5 Å². The molecule has 15 heteroatoms. The molecule has 204 valence electrons. The third-order valence-electron chi connectivity index (χ3n) is 5.32. The number of hydrogen-bond donors (Lipinski definition) is 1. The maximum Gasteiger partial charge on any atom is 0.480 e. The molecule has 0 aliphatic carbocycles. The average molecular weight is 538 g/mol. The maximum atomic E-state index is 15.5. The van der Waals surface area contributed by atoms with Gasteiger partial charge in [-0.05, 0) is 6.42 Å². The zero-order chi connectivity index (χ0) is 27.1. The van der Waals surface area contributed by atoms with Gasteiger partial charge in [-0.1, -0.05) is 34.6 Å². The van der Waals surface area contributed by atoms with E-state index in [4.69, 9.17) is 27.8 Å². The van der Waals surface area contributed by atoms with Gasteiger partial charge < -0.3 is 14.2 Å². The molecular formula is C21H32FN2O11P. The first-order valence-corrected chi connectivity index (χ1v) is 12.8. The van der Waals surface area contributed by atoms with Crippen molar-refractivity contribution >= 4 is 19.8 Å². The molecule has 5 atom stereocenters. The Morgan fingerprint density at radius 2 is 1.81 bits per heavy atom. The first kappa shape index (κ1) is 29.8. The summed E-state index contributed by atoms with van der Waals surface area (Å²) in [4.78, 5) is 48.9. The first-order chi connectivity index (χ1) is 16.8. The standard InChI is InChI=1S/C21H32FN2O11P/c1-6-14(4)19(27)31-12-34-36(29,33-11-30-18(26)13(2)3)32-10-21(22)9-15(5)17(35-21)24-8-7-16(25)23-20(24)28/h7-8,13-15,17H,6,9-12H2,1-5H3,(H,23,25,28)/t14?,15-,17+,21-,36?/m0/s1. The van der Waals surface area contributed by atoms with E-state index in [-0.39, 0.29) is 6.42 Å². The number of carbonyl (C=O) groups is 2. The van der Waals surface area contributed by atoms with Crippen molar-refractivity contribution < 1.29 is 46.3 Å². The lowest BCUT2D eigenvalue weighted by molar-refractivity contribution is -0.181. The van der Waals surface area contributed by atoms with Gasteiger partial charge in [0.25, 0.3) is 5.56 Å². The van der Waals surface area contributed by atoms with Gasteiger partial charge in [0.05, 0.1) is 11.8 Å². The van der Waals surface area contributed by atoms with Gasteiger partial charge in [-0.15, -0.1) is 0 Å². The summed E-state index contributed by atoms with van der Waals surface area (Å²) in [6, 6.07) is 1.08. The molecule has 13 nitrogen and oxygen atoms in total. The Balaban J connectivity index is 2.07. The molecule has 0 bridgehead atoms. The van der Waals surface area contributed by atoms with Crippen LogP contribution in [0.25, 0.3) is 0 Å². The second-order valence-corrected chi connectivity index (χ2v) is 10.4. The predicted molar refractivity (Wildman–Crippen MR) is 121 cm³/mol. The summed E-state index contributed by atoms with van der Waals surface area (Å²) in [6.45, 7) is 5.51. The summed E-state index contributed by atoms with van der Waals surface area (Å²) in [7, 11) is -4.61. The zero-order valence-corrected chi connectivity index (χ0v) is 21.7. The van der Waals surface area contributed by atoms with Crippen LogP contribution in [0, 0.1) is 17.8 Å². The second kappa shape index (κ2) is 12.7. The molecule has 2 rings (SSSR count). The van der Waals surface area contributed by atoms with E-state index in [1.165, 1.54) is 6.20 Å². The van der Waals surface area contributed by atoms with Gasteiger partial charge in [0, 0.05) is 24.6 Å². The molecule has 2 unspecified atom stereocenters. The molecule has 1 N–H and O–H groups in total. The smallest absolute Gasteiger partial charge is 0.438 e. The number of aromatic nitrogens is 2. The number of halogens is 1. The second-order valence-electron chi connectivity index (χ2n) is 8.70. The Morgan fingerprint density at radius 3 is 2.36 bits per heavy atom. The van der Waals surface area contributed by atoms with Crippen LogP contribution in [0.2, 0.25) is 0 Å². The van der Waals surface area contributed by atoms with Crippen molar-refractivity contribution in [2.24, 2.45) is 17.8 Å². The third kappa shape index (κ3) is 8.34. The summed E-state index contributed by atoms with van der Waals surface area (Å²) >= 11 is 0. The van der Waals surface area contributed by atoms with E-state index in [9.17, 15) is 23.7 Å². The molecule has 0 saturated carbocycles. The van der Waals surface area contributed by atoms with Gasteiger partial charge >= 0.3 is 25.5 Å². The minimum Gasteiger partial charge on any atom is -0.438 e. The van der Waals surface area contributed by atoms with E-state index >= 15 is 4.39 Å². The number of H-pyrrole nitrogens is 1. The Bertz CT molecular complexity index is 1070. The summed E-state index contributed by atoms with van der Waals surface area (Å²) < 4.78 is 59.6. The van der Waals surface area contributed by atoms with Gasteiger partial charge in [0.1, 0.15) is 12.8 Å². The number of aromatic amines is 1. The summed E-state index contributed by atoms with van der Waals surface area (Å²) in [5.41, 5.74) is -1.42. The number of hydrogen-bond acceptors (Lipinski definition) is 11. The quantitative estimate of drug-likeness (QED) is 0.223. The lowest BCUT2D eigenvalue weighted by Crippen LogP contribution is -2.34. The molecule has 36 heavy (non-hydrogen) atoms. The van der Waals surface area contributed by atoms with Crippen molar-refractivity contribution in [1.29, 1.82) is 0 Å². The van der Waals surface area contributed by atoms with Crippen LogP contribution in [0.4, 0.5) is 4.39 Å². The number of nitrogens with one attached hydrogen (secondary N) is 1. The molecule has 1 aliphatic heterocycles. The summed E-state index contributed by atoms with van der Waals surface area (Å²) in [6.07, 6.45) is 0.302. The average Bonchev–Trinajstić information content (AvgIpc) is 3.11. The molecule has 0 spiro atoms. The largest absolute Gasteiger partial charge is 0.480 e. The van der Waals surface area contributed by atoms with E-state index in [0.717, 1.165) is 10.6 Å². The topological polar surface area (TPSA) is 161 Å². The number of ether oxygens (including phenoxy) is 3. The first-order valence-electron chi connectivity index (χ1n) is 11.3. The van der Waals surface area contributed by atoms with Crippen LogP contribution in [0.5, 0.6) is 0 Å². The fourth-order valence-corrected chi connectivity index (χ4v) is 4.01. The Labute approximate surface area is 206 Å². The van der Waals surface area contributed by atoms with Crippen molar-refractivity contribution in [1.82, 2.24) is 9.55 Å². The van der Waals surface area contributed by atoms with Crippen molar-refractivity contribution in [2.75, 3.05) is 20.2 Å². The lowest BCUT2D eigenvalue weighted by atomic mass is 10.1. The van der Waals surface area contributed by atoms with E-state index in [1.54, 1.807) is 34.6 Å². The SMILES string of the molecule is CCC(C)C(=O)OCOP(=O)(OCOC(=O)C(C)C)OC[C@]1(F)C[C@H](C)[C@H](n2ccc(=O)[nH]c2=O)O1. The number of nitrogens with zero attached hydrogens (tertiary/aromatic N) is 1. The lowest BCUT2D eigenvalue weighted by Gasteiger charge is -2.24. The molecule has 1 aromatic rings. The van der Waals surface area contributed by atoms with E-state index < -0.39 is 81.0 Å². The number of rotatable bonds is 13. The summed E-state index contributed by atoms with van der Waals surface area (Å²) in [5.74, 6) is -5.30. The highest BCUT2D eigenvalue weighted by atomic mass is 31.2. The van der Waals surface area contributed by atoms with Crippen LogP contribution in [-0.2, 0) is 41.9 Å². The normalized spacial score (nSPS) is 24.3. The number of phosphoric acid groups is 1. The van der Waals surface area contributed by atoms with Crippen molar-refractivity contribution in [3.63, 3.8) is 0 Å². The predicted octanol–water partition coefficient (Wildman–Crippen LogP) is 2.62. The van der Waals surface area contributed by atoms with Crippen LogP contribution in [0.1, 0.15) is 53.7 Å². The Hall–Kier alpha value is -2.38. The number of esters is 2. The molecule has 1 aliphatic rings. The fraction of sp³-hybridized carbons (Fsp3) is 0.714. The fourth-order valence-electron chi connectivity index (χ4n) is 3.07. The highest BCUT2D eigenvalue weighted by Crippen LogP contribution is 2.52. The zero-order valence-electron chi connectivity index (χ0n) is 20.8. The van der Waals surface area contributed by atoms with Crippen LogP contribution in [-0.4, -0.2) is 47.5 Å². The molecule has 1 fully saturated rings. The minimum atomic E-state index is -4.61. The molecule has 0 aromatic carbocycles. The highest BCUT2D eigenvalue weighted by Gasteiger charge is 2.48. The third-order valence-corrected chi connectivity index (χ3v) is 6.61. The molecule has 1 aromatic heterocycles. The van der Waals surface area contributed by atoms with E-state index in [1.807, 2.05) is 0 Å². The number of carbonyl (C=O) groups excluding carboxylic acids is 2. The van der Waals surface area contributed by atoms with Crippen LogP contribution < -0.4 is 11.2 Å². The molecule has 2 heterocycles. The summed E-state index contributed by atoms with van der Waals surface area (Å²) in [5, 5.41) is 0. The van der Waals surface area contributed by atoms with Crippen molar-refractivity contribution in [3.8, 4) is 0 Å². The van der Waals surface area contributed by atoms with Gasteiger partial charge in [-0.25, -0.2) is 22.8 Å². The molecule has 0 amide bonds. The molecule has 0 radical (unpaired) electrons. The van der Waals surface area contributed by atoms with E-state index in [0.29, 0.717) is 6.42 Å². The molecular weight excluding hydrogens is 506 g/mol. The van der Waals surface area contributed by atoms with Crippen LogP contribution in [0.3, 0.4) is 0 Å². The Morgan fingerprint density at radius 1 is 1.19 bits per heavy atom. The minimum absolute atomic E-state index is 0.269. The van der Waals surface area contributed by atoms with Gasteiger partial charge in [-0.2, -0.15) is 0 Å². The van der Waals surface area contributed by atoms with Crippen LogP contribution >= 0.6 is 7.82 Å². The maximum absolute atomic E-state index is 15.5. The number of phosphoric ester groups is 1. The Kier molecular flexibility index (Phi) is 10.6. The van der Waals surface area contributed by atoms with Crippen molar-refractivity contribution in [3.05, 3.63) is 33.1 Å². The molecule has 1 saturated heterocycles.